The maximum absolute atomic E-state index is 12.1. The van der Waals surface area contributed by atoms with Gasteiger partial charge in [0.1, 0.15) is 0 Å². The van der Waals surface area contributed by atoms with Gasteiger partial charge in [-0.25, -0.2) is 0 Å². The number of hydrogen-bond donors (Lipinski definition) is 3. The normalized spacial score (nSPS) is 13.4. The first-order valence-electron chi connectivity index (χ1n) is 6.76. The standard InChI is InChI=1S/C15H19N3O3/c1-15(2,14(21)16-3)8-17-13(20)10-5-4-9-7-12(19)18-11(9)6-10/h4-6H,7-8H2,1-3H3,(H,16,21)(H,17,20)(H,18,19). The molecule has 1 heterocycles. The number of rotatable bonds is 4. The highest BCUT2D eigenvalue weighted by Crippen LogP contribution is 2.24. The second-order valence-electron chi connectivity index (χ2n) is 5.74. The fourth-order valence-corrected chi connectivity index (χ4v) is 2.18. The molecule has 1 aliphatic heterocycles. The molecule has 2 rings (SSSR count). The van der Waals surface area contributed by atoms with Crippen LogP contribution in [0.4, 0.5) is 5.69 Å². The van der Waals surface area contributed by atoms with Crippen LogP contribution in [0.5, 0.6) is 0 Å². The highest BCUT2D eigenvalue weighted by Gasteiger charge is 2.27. The van der Waals surface area contributed by atoms with Gasteiger partial charge in [-0.2, -0.15) is 0 Å². The molecule has 3 amide bonds. The van der Waals surface area contributed by atoms with E-state index < -0.39 is 5.41 Å². The van der Waals surface area contributed by atoms with Crippen molar-refractivity contribution in [2.75, 3.05) is 18.9 Å². The molecule has 0 spiro atoms. The van der Waals surface area contributed by atoms with E-state index in [1.165, 1.54) is 0 Å². The van der Waals surface area contributed by atoms with Gasteiger partial charge in [-0.3, -0.25) is 14.4 Å². The zero-order chi connectivity index (χ0) is 15.6. The number of anilines is 1. The average Bonchev–Trinajstić information content (AvgIpc) is 2.82. The van der Waals surface area contributed by atoms with Crippen LogP contribution < -0.4 is 16.0 Å². The quantitative estimate of drug-likeness (QED) is 0.762. The topological polar surface area (TPSA) is 87.3 Å². The first-order chi connectivity index (χ1) is 9.83. The van der Waals surface area contributed by atoms with Gasteiger partial charge < -0.3 is 16.0 Å². The molecule has 0 fully saturated rings. The molecule has 0 unspecified atom stereocenters. The van der Waals surface area contributed by atoms with Crippen LogP contribution in [0, 0.1) is 5.41 Å². The van der Waals surface area contributed by atoms with Gasteiger partial charge in [-0.15, -0.1) is 0 Å². The Labute approximate surface area is 123 Å². The van der Waals surface area contributed by atoms with Crippen molar-refractivity contribution in [1.82, 2.24) is 10.6 Å². The van der Waals surface area contributed by atoms with E-state index >= 15 is 0 Å². The number of hydrogen-bond acceptors (Lipinski definition) is 3. The SMILES string of the molecule is CNC(=O)C(C)(C)CNC(=O)c1ccc2c(c1)NC(=O)C2. The molecule has 0 bridgehead atoms. The van der Waals surface area contributed by atoms with Gasteiger partial charge in [-0.05, 0) is 31.5 Å². The Morgan fingerprint density at radius 3 is 2.71 bits per heavy atom. The van der Waals surface area contributed by atoms with Crippen molar-refractivity contribution in [2.45, 2.75) is 20.3 Å². The summed E-state index contributed by atoms with van der Waals surface area (Å²) in [6.45, 7) is 3.75. The van der Waals surface area contributed by atoms with Crippen LogP contribution in [0.25, 0.3) is 0 Å². The number of fused-ring (bicyclic) bond motifs is 1. The van der Waals surface area contributed by atoms with Gasteiger partial charge in [0.15, 0.2) is 0 Å². The van der Waals surface area contributed by atoms with Crippen molar-refractivity contribution in [1.29, 1.82) is 0 Å². The van der Waals surface area contributed by atoms with Crippen LogP contribution in [0.1, 0.15) is 29.8 Å². The lowest BCUT2D eigenvalue weighted by molar-refractivity contribution is -0.128. The smallest absolute Gasteiger partial charge is 0.251 e. The van der Waals surface area contributed by atoms with Crippen molar-refractivity contribution >= 4 is 23.4 Å². The monoisotopic (exact) mass is 289 g/mol. The van der Waals surface area contributed by atoms with Gasteiger partial charge in [0.25, 0.3) is 5.91 Å². The van der Waals surface area contributed by atoms with E-state index in [4.69, 9.17) is 0 Å². The molecule has 6 nitrogen and oxygen atoms in total. The molecule has 1 aromatic rings. The minimum atomic E-state index is -0.685. The summed E-state index contributed by atoms with van der Waals surface area (Å²) in [7, 11) is 1.56. The van der Waals surface area contributed by atoms with Gasteiger partial charge in [0.05, 0.1) is 11.8 Å². The molecule has 0 radical (unpaired) electrons. The van der Waals surface area contributed by atoms with Crippen LogP contribution in [-0.2, 0) is 16.0 Å². The Morgan fingerprint density at radius 1 is 1.33 bits per heavy atom. The molecule has 0 aliphatic carbocycles. The van der Waals surface area contributed by atoms with Crippen LogP contribution in [0.15, 0.2) is 18.2 Å². The average molecular weight is 289 g/mol. The molecule has 112 valence electrons. The van der Waals surface area contributed by atoms with Crippen molar-refractivity contribution in [2.24, 2.45) is 5.41 Å². The lowest BCUT2D eigenvalue weighted by Gasteiger charge is -2.22. The van der Waals surface area contributed by atoms with Crippen molar-refractivity contribution in [3.05, 3.63) is 29.3 Å². The van der Waals surface area contributed by atoms with E-state index in [2.05, 4.69) is 16.0 Å². The van der Waals surface area contributed by atoms with E-state index in [0.29, 0.717) is 17.7 Å². The van der Waals surface area contributed by atoms with Crippen molar-refractivity contribution < 1.29 is 14.4 Å². The molecule has 0 atom stereocenters. The zero-order valence-electron chi connectivity index (χ0n) is 12.4. The fourth-order valence-electron chi connectivity index (χ4n) is 2.18. The number of carbonyl (C=O) groups is 3. The van der Waals surface area contributed by atoms with E-state index in [9.17, 15) is 14.4 Å². The maximum atomic E-state index is 12.1. The predicted molar refractivity (Wildman–Crippen MR) is 79.0 cm³/mol. The minimum Gasteiger partial charge on any atom is -0.359 e. The van der Waals surface area contributed by atoms with Crippen LogP contribution in [-0.4, -0.2) is 31.3 Å². The molecular formula is C15H19N3O3. The van der Waals surface area contributed by atoms with Crippen LogP contribution in [0.3, 0.4) is 0 Å². The summed E-state index contributed by atoms with van der Waals surface area (Å²) < 4.78 is 0. The number of nitrogens with one attached hydrogen (secondary N) is 3. The Morgan fingerprint density at radius 2 is 2.05 bits per heavy atom. The van der Waals surface area contributed by atoms with Crippen molar-refractivity contribution in [3.63, 3.8) is 0 Å². The lowest BCUT2D eigenvalue weighted by Crippen LogP contribution is -2.43. The highest BCUT2D eigenvalue weighted by atomic mass is 16.2. The lowest BCUT2D eigenvalue weighted by atomic mass is 9.92. The number of amides is 3. The maximum Gasteiger partial charge on any atom is 0.251 e. The Hall–Kier alpha value is -2.37. The molecule has 0 aromatic heterocycles. The van der Waals surface area contributed by atoms with E-state index in [0.717, 1.165) is 5.56 Å². The van der Waals surface area contributed by atoms with Crippen LogP contribution >= 0.6 is 0 Å². The third kappa shape index (κ3) is 3.21. The summed E-state index contributed by atoms with van der Waals surface area (Å²) in [5.74, 6) is -0.469. The summed E-state index contributed by atoms with van der Waals surface area (Å²) in [5, 5.41) is 8.02. The van der Waals surface area contributed by atoms with E-state index in [-0.39, 0.29) is 24.3 Å². The first-order valence-corrected chi connectivity index (χ1v) is 6.76. The minimum absolute atomic E-state index is 0.0664. The van der Waals surface area contributed by atoms with Gasteiger partial charge in [0.2, 0.25) is 11.8 Å². The Kier molecular flexibility index (Phi) is 3.97. The third-order valence-corrected chi connectivity index (χ3v) is 3.53. The summed E-state index contributed by atoms with van der Waals surface area (Å²) in [5.41, 5.74) is 1.35. The second-order valence-corrected chi connectivity index (χ2v) is 5.74. The Balaban J connectivity index is 2.03. The molecule has 1 aliphatic rings. The first kappa shape index (κ1) is 15.0. The molecule has 3 N–H and O–H groups in total. The molecule has 21 heavy (non-hydrogen) atoms. The number of benzene rings is 1. The molecular weight excluding hydrogens is 270 g/mol. The second kappa shape index (κ2) is 5.55. The van der Waals surface area contributed by atoms with Gasteiger partial charge in [-0.1, -0.05) is 6.07 Å². The molecule has 0 saturated heterocycles. The predicted octanol–water partition coefficient (Wildman–Crippen LogP) is 0.683. The highest BCUT2D eigenvalue weighted by molar-refractivity contribution is 6.02. The zero-order valence-corrected chi connectivity index (χ0v) is 12.4. The van der Waals surface area contributed by atoms with Crippen LogP contribution in [0.2, 0.25) is 0 Å². The third-order valence-electron chi connectivity index (χ3n) is 3.53. The molecule has 6 heteroatoms. The summed E-state index contributed by atoms with van der Waals surface area (Å²) in [6.07, 6.45) is 0.348. The van der Waals surface area contributed by atoms with Gasteiger partial charge in [0, 0.05) is 24.8 Å². The van der Waals surface area contributed by atoms with Gasteiger partial charge >= 0.3 is 0 Å². The fraction of sp³-hybridized carbons (Fsp3) is 0.400. The Bertz CT molecular complexity index is 608. The van der Waals surface area contributed by atoms with Crippen molar-refractivity contribution in [3.8, 4) is 0 Å². The summed E-state index contributed by atoms with van der Waals surface area (Å²) >= 11 is 0. The largest absolute Gasteiger partial charge is 0.359 e. The number of carbonyl (C=O) groups excluding carboxylic acids is 3. The molecule has 0 saturated carbocycles. The summed E-state index contributed by atoms with van der Waals surface area (Å²) in [6, 6.07) is 5.11. The van der Waals surface area contributed by atoms with E-state index in [1.54, 1.807) is 39.1 Å². The molecule has 1 aromatic carbocycles. The van der Waals surface area contributed by atoms with E-state index in [1.807, 2.05) is 0 Å². The summed E-state index contributed by atoms with van der Waals surface area (Å²) in [4.78, 5) is 35.1.